The molecule has 0 fully saturated rings. The topological polar surface area (TPSA) is 92.4 Å². The molecule has 0 bridgehead atoms. The van der Waals surface area contributed by atoms with Gasteiger partial charge in [-0.2, -0.15) is 0 Å². The van der Waals surface area contributed by atoms with Gasteiger partial charge in [0, 0.05) is 6.54 Å². The van der Waals surface area contributed by atoms with Gasteiger partial charge in [-0.1, -0.05) is 11.6 Å². The highest BCUT2D eigenvalue weighted by Crippen LogP contribution is 2.26. The van der Waals surface area contributed by atoms with Crippen LogP contribution in [0.15, 0.2) is 17.0 Å². The van der Waals surface area contributed by atoms with Gasteiger partial charge >= 0.3 is 0 Å². The van der Waals surface area contributed by atoms with Crippen LogP contribution in [0.4, 0.5) is 5.69 Å². The highest BCUT2D eigenvalue weighted by atomic mass is 35.5. The second-order valence-corrected chi connectivity index (χ2v) is 5.41. The average molecular weight is 265 g/mol. The SMILES string of the molecule is Cc1cc(S(=O)(=O)NCCO)cc(N)c1Cl. The number of anilines is 1. The second-order valence-electron chi connectivity index (χ2n) is 3.26. The number of benzene rings is 1. The van der Waals surface area contributed by atoms with Crippen LogP contribution in [0.3, 0.4) is 0 Å². The van der Waals surface area contributed by atoms with Crippen LogP contribution >= 0.6 is 11.6 Å². The van der Waals surface area contributed by atoms with E-state index in [2.05, 4.69) is 4.72 Å². The van der Waals surface area contributed by atoms with Crippen molar-refractivity contribution in [2.75, 3.05) is 18.9 Å². The Labute approximate surface area is 99.3 Å². The van der Waals surface area contributed by atoms with Gasteiger partial charge in [-0.05, 0) is 24.6 Å². The Morgan fingerprint density at radius 1 is 1.50 bits per heavy atom. The first-order valence-corrected chi connectivity index (χ1v) is 6.40. The molecule has 0 aliphatic carbocycles. The summed E-state index contributed by atoms with van der Waals surface area (Å²) in [7, 11) is -3.63. The van der Waals surface area contributed by atoms with Crippen LogP contribution in [0.25, 0.3) is 0 Å². The number of aliphatic hydroxyl groups is 1. The van der Waals surface area contributed by atoms with E-state index in [1.807, 2.05) is 0 Å². The normalized spacial score (nSPS) is 11.7. The lowest BCUT2D eigenvalue weighted by molar-refractivity contribution is 0.301. The van der Waals surface area contributed by atoms with Crippen molar-refractivity contribution in [2.45, 2.75) is 11.8 Å². The number of sulfonamides is 1. The van der Waals surface area contributed by atoms with Crippen molar-refractivity contribution in [3.63, 3.8) is 0 Å². The molecule has 0 saturated heterocycles. The van der Waals surface area contributed by atoms with Crippen LogP contribution in [-0.2, 0) is 10.0 Å². The van der Waals surface area contributed by atoms with E-state index in [1.165, 1.54) is 12.1 Å². The average Bonchev–Trinajstić information content (AvgIpc) is 2.22. The van der Waals surface area contributed by atoms with E-state index in [-0.39, 0.29) is 23.7 Å². The summed E-state index contributed by atoms with van der Waals surface area (Å²) >= 11 is 5.82. The fraction of sp³-hybridized carbons (Fsp3) is 0.333. The molecule has 0 aliphatic heterocycles. The fourth-order valence-electron chi connectivity index (χ4n) is 1.18. The highest BCUT2D eigenvalue weighted by Gasteiger charge is 2.15. The summed E-state index contributed by atoms with van der Waals surface area (Å²) in [5, 5.41) is 8.91. The van der Waals surface area contributed by atoms with E-state index in [1.54, 1.807) is 6.92 Å². The van der Waals surface area contributed by atoms with Gasteiger partial charge in [0.2, 0.25) is 10.0 Å². The lowest BCUT2D eigenvalue weighted by atomic mass is 10.2. The lowest BCUT2D eigenvalue weighted by Crippen LogP contribution is -2.26. The summed E-state index contributed by atoms with van der Waals surface area (Å²) in [6, 6.07) is 2.72. The first-order chi connectivity index (χ1) is 7.38. The molecule has 0 aliphatic rings. The summed E-state index contributed by atoms with van der Waals surface area (Å²) in [5.74, 6) is 0. The number of nitrogens with two attached hydrogens (primary N) is 1. The Morgan fingerprint density at radius 3 is 2.62 bits per heavy atom. The third-order valence-corrected chi connectivity index (χ3v) is 3.93. The Morgan fingerprint density at radius 2 is 2.12 bits per heavy atom. The van der Waals surface area contributed by atoms with E-state index in [0.29, 0.717) is 10.6 Å². The molecule has 0 radical (unpaired) electrons. The van der Waals surface area contributed by atoms with Gasteiger partial charge in [0.25, 0.3) is 0 Å². The molecule has 1 aromatic carbocycles. The number of aryl methyl sites for hydroxylation is 1. The molecule has 0 heterocycles. The molecule has 7 heteroatoms. The number of halogens is 1. The standard InChI is InChI=1S/C9H13ClN2O3S/c1-6-4-7(5-8(11)9(6)10)16(14,15)12-2-3-13/h4-5,12-13H,2-3,11H2,1H3. The van der Waals surface area contributed by atoms with Crippen molar-refractivity contribution >= 4 is 27.3 Å². The van der Waals surface area contributed by atoms with Crippen LogP contribution < -0.4 is 10.5 Å². The predicted octanol–water partition coefficient (Wildman–Crippen LogP) is 0.501. The molecule has 1 rings (SSSR count). The van der Waals surface area contributed by atoms with E-state index >= 15 is 0 Å². The summed E-state index contributed by atoms with van der Waals surface area (Å²) in [5.41, 5.74) is 6.38. The highest BCUT2D eigenvalue weighted by molar-refractivity contribution is 7.89. The van der Waals surface area contributed by atoms with Gasteiger partial charge < -0.3 is 10.8 Å². The van der Waals surface area contributed by atoms with Gasteiger partial charge in [-0.3, -0.25) is 0 Å². The molecule has 1 aromatic rings. The lowest BCUT2D eigenvalue weighted by Gasteiger charge is -2.09. The maximum atomic E-state index is 11.7. The summed E-state index contributed by atoms with van der Waals surface area (Å²) in [6.45, 7) is 1.37. The third kappa shape index (κ3) is 2.85. The Bertz CT molecular complexity index is 465. The van der Waals surface area contributed by atoms with Gasteiger partial charge in [0.1, 0.15) is 0 Å². The number of hydrogen-bond donors (Lipinski definition) is 3. The molecular formula is C9H13ClN2O3S. The minimum Gasteiger partial charge on any atom is -0.397 e. The van der Waals surface area contributed by atoms with Crippen molar-refractivity contribution in [1.82, 2.24) is 4.72 Å². The van der Waals surface area contributed by atoms with E-state index < -0.39 is 10.0 Å². The van der Waals surface area contributed by atoms with Crippen molar-refractivity contribution in [3.8, 4) is 0 Å². The van der Waals surface area contributed by atoms with E-state index in [4.69, 9.17) is 22.4 Å². The first kappa shape index (κ1) is 13.2. The summed E-state index contributed by atoms with van der Waals surface area (Å²) < 4.78 is 25.6. The third-order valence-electron chi connectivity index (χ3n) is 1.97. The molecule has 90 valence electrons. The van der Waals surface area contributed by atoms with Crippen LogP contribution in [0.2, 0.25) is 5.02 Å². The quantitative estimate of drug-likeness (QED) is 0.691. The number of hydrogen-bond acceptors (Lipinski definition) is 4. The number of rotatable bonds is 4. The zero-order chi connectivity index (χ0) is 12.3. The molecule has 0 atom stereocenters. The molecule has 16 heavy (non-hydrogen) atoms. The minimum atomic E-state index is -3.63. The largest absolute Gasteiger partial charge is 0.397 e. The molecule has 0 saturated carbocycles. The Balaban J connectivity index is 3.14. The van der Waals surface area contributed by atoms with Crippen molar-refractivity contribution in [1.29, 1.82) is 0 Å². The summed E-state index contributed by atoms with van der Waals surface area (Å²) in [6.07, 6.45) is 0. The van der Waals surface area contributed by atoms with E-state index in [9.17, 15) is 8.42 Å². The van der Waals surface area contributed by atoms with Crippen LogP contribution in [0.1, 0.15) is 5.56 Å². The van der Waals surface area contributed by atoms with E-state index in [0.717, 1.165) is 0 Å². The minimum absolute atomic E-state index is 0.0378. The second kappa shape index (κ2) is 5.01. The smallest absolute Gasteiger partial charge is 0.240 e. The van der Waals surface area contributed by atoms with Crippen LogP contribution in [-0.4, -0.2) is 26.7 Å². The predicted molar refractivity (Wildman–Crippen MR) is 62.9 cm³/mol. The zero-order valence-corrected chi connectivity index (χ0v) is 10.3. The maximum absolute atomic E-state index is 11.7. The monoisotopic (exact) mass is 264 g/mol. The number of nitrogens with one attached hydrogen (secondary N) is 1. The van der Waals surface area contributed by atoms with Gasteiger partial charge in [0.05, 0.1) is 22.2 Å². The van der Waals surface area contributed by atoms with Gasteiger partial charge in [-0.15, -0.1) is 0 Å². The molecule has 0 spiro atoms. The van der Waals surface area contributed by atoms with Crippen molar-refractivity contribution < 1.29 is 13.5 Å². The van der Waals surface area contributed by atoms with Gasteiger partial charge in [-0.25, -0.2) is 13.1 Å². The summed E-state index contributed by atoms with van der Waals surface area (Å²) in [4.78, 5) is 0.0420. The molecule has 5 nitrogen and oxygen atoms in total. The number of nitrogen functional groups attached to an aromatic ring is 1. The molecule has 4 N–H and O–H groups in total. The van der Waals surface area contributed by atoms with Crippen molar-refractivity contribution in [2.24, 2.45) is 0 Å². The van der Waals surface area contributed by atoms with Gasteiger partial charge in [0.15, 0.2) is 0 Å². The molecule has 0 unspecified atom stereocenters. The Kier molecular flexibility index (Phi) is 4.15. The maximum Gasteiger partial charge on any atom is 0.240 e. The molecular weight excluding hydrogens is 252 g/mol. The Hall–Kier alpha value is -0.820. The molecule has 0 amide bonds. The van der Waals surface area contributed by atoms with Crippen LogP contribution in [0, 0.1) is 6.92 Å². The number of aliphatic hydroxyl groups excluding tert-OH is 1. The first-order valence-electron chi connectivity index (χ1n) is 4.54. The molecule has 0 aromatic heterocycles. The zero-order valence-electron chi connectivity index (χ0n) is 8.70. The van der Waals surface area contributed by atoms with Crippen LogP contribution in [0.5, 0.6) is 0 Å². The van der Waals surface area contributed by atoms with Crippen molar-refractivity contribution in [3.05, 3.63) is 22.7 Å². The fourth-order valence-corrected chi connectivity index (χ4v) is 2.43.